The molecule has 2 aromatic carbocycles. The van der Waals surface area contributed by atoms with Gasteiger partial charge in [-0.3, -0.25) is 0 Å². The molecule has 2 rings (SSSR count). The van der Waals surface area contributed by atoms with Gasteiger partial charge in [-0.2, -0.15) is 0 Å². The van der Waals surface area contributed by atoms with Crippen LogP contribution < -0.4 is 5.32 Å². The van der Waals surface area contributed by atoms with Gasteiger partial charge in [-0.1, -0.05) is 39.7 Å². The summed E-state index contributed by atoms with van der Waals surface area (Å²) in [6.45, 7) is 2.80. The Morgan fingerprint density at radius 1 is 1.15 bits per heavy atom. The molecule has 0 radical (unpaired) electrons. The van der Waals surface area contributed by atoms with Crippen molar-refractivity contribution >= 4 is 33.2 Å². The molecule has 0 atom stereocenters. The van der Waals surface area contributed by atoms with Gasteiger partial charge < -0.3 is 10.2 Å². The summed E-state index contributed by atoms with van der Waals surface area (Å²) in [7, 11) is 2.12. The predicted octanol–water partition coefficient (Wildman–Crippen LogP) is 4.65. The van der Waals surface area contributed by atoms with Crippen LogP contribution in [0.25, 0.3) is 0 Å². The van der Waals surface area contributed by atoms with Gasteiger partial charge in [0.15, 0.2) is 0 Å². The van der Waals surface area contributed by atoms with Gasteiger partial charge in [0.05, 0.1) is 0 Å². The molecule has 2 aromatic rings. The van der Waals surface area contributed by atoms with E-state index in [4.69, 9.17) is 11.6 Å². The van der Waals surface area contributed by atoms with Crippen molar-refractivity contribution in [1.29, 1.82) is 0 Å². The van der Waals surface area contributed by atoms with Crippen LogP contribution in [0, 0.1) is 0 Å². The van der Waals surface area contributed by atoms with Crippen molar-refractivity contribution in [1.82, 2.24) is 4.90 Å². The fraction of sp³-hybridized carbons (Fsp3) is 0.250. The van der Waals surface area contributed by atoms with E-state index in [0.717, 1.165) is 34.8 Å². The normalized spacial score (nSPS) is 10.8. The molecule has 0 aliphatic carbocycles. The first kappa shape index (κ1) is 15.4. The van der Waals surface area contributed by atoms with Gasteiger partial charge in [-0.25, -0.2) is 0 Å². The first-order valence-electron chi connectivity index (χ1n) is 6.56. The maximum atomic E-state index is 5.99. The number of benzene rings is 2. The zero-order valence-corrected chi connectivity index (χ0v) is 13.8. The van der Waals surface area contributed by atoms with Crippen LogP contribution in [0.15, 0.2) is 53.0 Å². The third-order valence-corrected chi connectivity index (χ3v) is 3.77. The van der Waals surface area contributed by atoms with Crippen LogP contribution in [0.5, 0.6) is 0 Å². The highest BCUT2D eigenvalue weighted by Gasteiger charge is 2.01. The number of likely N-dealkylation sites (N-methyl/N-ethyl adjacent to an activating group) is 1. The first-order chi connectivity index (χ1) is 9.63. The van der Waals surface area contributed by atoms with E-state index in [1.54, 1.807) is 0 Å². The molecule has 2 nitrogen and oxygen atoms in total. The molecule has 0 aromatic heterocycles. The van der Waals surface area contributed by atoms with Crippen molar-refractivity contribution in [2.75, 3.05) is 25.5 Å². The average Bonchev–Trinajstić information content (AvgIpc) is 2.41. The fourth-order valence-corrected chi connectivity index (χ4v) is 2.46. The fourth-order valence-electron chi connectivity index (χ4n) is 1.98. The first-order valence-corrected chi connectivity index (χ1v) is 7.73. The molecule has 0 unspecified atom stereocenters. The number of rotatable bonds is 6. The highest BCUT2D eigenvalue weighted by atomic mass is 79.9. The van der Waals surface area contributed by atoms with Gasteiger partial charge in [0.1, 0.15) is 0 Å². The largest absolute Gasteiger partial charge is 0.384 e. The third-order valence-electron chi connectivity index (χ3n) is 3.01. The minimum atomic E-state index is 0.795. The van der Waals surface area contributed by atoms with Crippen LogP contribution in [0.4, 0.5) is 5.69 Å². The van der Waals surface area contributed by atoms with Gasteiger partial charge in [-0.05, 0) is 49.0 Å². The lowest BCUT2D eigenvalue weighted by molar-refractivity contribution is 0.340. The third kappa shape index (κ3) is 5.16. The van der Waals surface area contributed by atoms with E-state index >= 15 is 0 Å². The molecule has 1 N–H and O–H groups in total. The summed E-state index contributed by atoms with van der Waals surface area (Å²) in [5.74, 6) is 0. The molecule has 4 heteroatoms. The average molecular weight is 354 g/mol. The topological polar surface area (TPSA) is 15.3 Å². The van der Waals surface area contributed by atoms with Crippen LogP contribution in [-0.2, 0) is 6.54 Å². The second-order valence-electron chi connectivity index (χ2n) is 4.80. The van der Waals surface area contributed by atoms with Gasteiger partial charge in [-0.15, -0.1) is 0 Å². The van der Waals surface area contributed by atoms with E-state index in [0.29, 0.717) is 0 Å². The van der Waals surface area contributed by atoms with Gasteiger partial charge in [0.2, 0.25) is 0 Å². The van der Waals surface area contributed by atoms with Gasteiger partial charge in [0, 0.05) is 34.8 Å². The van der Waals surface area contributed by atoms with E-state index in [9.17, 15) is 0 Å². The van der Waals surface area contributed by atoms with Crippen molar-refractivity contribution in [2.45, 2.75) is 6.54 Å². The molecule has 0 aliphatic rings. The van der Waals surface area contributed by atoms with Crippen molar-refractivity contribution in [2.24, 2.45) is 0 Å². The summed E-state index contributed by atoms with van der Waals surface area (Å²) in [5, 5.41) is 4.21. The number of halogens is 2. The Labute approximate surface area is 133 Å². The van der Waals surface area contributed by atoms with Crippen molar-refractivity contribution in [3.63, 3.8) is 0 Å². The Morgan fingerprint density at radius 2 is 1.90 bits per heavy atom. The Hall–Kier alpha value is -1.03. The zero-order valence-electron chi connectivity index (χ0n) is 11.4. The van der Waals surface area contributed by atoms with E-state index in [2.05, 4.69) is 51.4 Å². The van der Waals surface area contributed by atoms with Crippen molar-refractivity contribution < 1.29 is 0 Å². The van der Waals surface area contributed by atoms with E-state index in [1.165, 1.54) is 5.56 Å². The monoisotopic (exact) mass is 352 g/mol. The van der Waals surface area contributed by atoms with Crippen LogP contribution in [-0.4, -0.2) is 25.0 Å². The Balaban J connectivity index is 1.75. The summed E-state index contributed by atoms with van der Waals surface area (Å²) < 4.78 is 1.10. The molecule has 106 valence electrons. The summed E-state index contributed by atoms with van der Waals surface area (Å²) in [6, 6.07) is 16.2. The number of hydrogen-bond acceptors (Lipinski definition) is 2. The smallest absolute Gasteiger partial charge is 0.0409 e. The SMILES string of the molecule is CN(CCNc1ccc(Br)cc1)Cc1cccc(Cl)c1. The molecular formula is C16H18BrClN2. The number of nitrogens with zero attached hydrogens (tertiary/aromatic N) is 1. The highest BCUT2D eigenvalue weighted by Crippen LogP contribution is 2.14. The number of nitrogens with one attached hydrogen (secondary N) is 1. The minimum absolute atomic E-state index is 0.795. The summed E-state index contributed by atoms with van der Waals surface area (Å²) in [5.41, 5.74) is 2.38. The van der Waals surface area contributed by atoms with E-state index in [-0.39, 0.29) is 0 Å². The Morgan fingerprint density at radius 3 is 2.60 bits per heavy atom. The van der Waals surface area contributed by atoms with Crippen molar-refractivity contribution in [3.05, 3.63) is 63.6 Å². The lowest BCUT2D eigenvalue weighted by atomic mass is 10.2. The van der Waals surface area contributed by atoms with Crippen molar-refractivity contribution in [3.8, 4) is 0 Å². The molecule has 20 heavy (non-hydrogen) atoms. The summed E-state index contributed by atoms with van der Waals surface area (Å²) in [4.78, 5) is 2.28. The second-order valence-corrected chi connectivity index (χ2v) is 6.15. The molecule has 0 bridgehead atoms. The molecule has 0 fully saturated rings. The quantitative estimate of drug-likeness (QED) is 0.813. The van der Waals surface area contributed by atoms with Crippen LogP contribution in [0.1, 0.15) is 5.56 Å². The Kier molecular flexibility index (Phi) is 5.89. The van der Waals surface area contributed by atoms with E-state index < -0.39 is 0 Å². The maximum absolute atomic E-state index is 5.99. The number of hydrogen-bond donors (Lipinski definition) is 1. The Bertz CT molecular complexity index is 542. The summed E-state index contributed by atoms with van der Waals surface area (Å²) >= 11 is 9.42. The second kappa shape index (κ2) is 7.67. The van der Waals surface area contributed by atoms with Crippen LogP contribution in [0.3, 0.4) is 0 Å². The highest BCUT2D eigenvalue weighted by molar-refractivity contribution is 9.10. The zero-order chi connectivity index (χ0) is 14.4. The molecule has 0 amide bonds. The maximum Gasteiger partial charge on any atom is 0.0409 e. The lowest BCUT2D eigenvalue weighted by Gasteiger charge is -2.17. The van der Waals surface area contributed by atoms with E-state index in [1.807, 2.05) is 30.3 Å². The van der Waals surface area contributed by atoms with Gasteiger partial charge in [0.25, 0.3) is 0 Å². The molecular weight excluding hydrogens is 336 g/mol. The molecule has 0 saturated carbocycles. The predicted molar refractivity (Wildman–Crippen MR) is 90.4 cm³/mol. The van der Waals surface area contributed by atoms with Gasteiger partial charge >= 0.3 is 0 Å². The summed E-state index contributed by atoms with van der Waals surface area (Å²) in [6.07, 6.45) is 0. The van der Waals surface area contributed by atoms with Crippen LogP contribution >= 0.6 is 27.5 Å². The number of anilines is 1. The molecule has 0 heterocycles. The molecule has 0 spiro atoms. The molecule has 0 aliphatic heterocycles. The molecule has 0 saturated heterocycles. The lowest BCUT2D eigenvalue weighted by Crippen LogP contribution is -2.24. The van der Waals surface area contributed by atoms with Crippen LogP contribution in [0.2, 0.25) is 5.02 Å². The minimum Gasteiger partial charge on any atom is -0.384 e. The standard InChI is InChI=1S/C16H18BrClN2/c1-20(12-13-3-2-4-15(18)11-13)10-9-19-16-7-5-14(17)6-8-16/h2-8,11,19H,9-10,12H2,1H3.